The third-order valence-corrected chi connectivity index (χ3v) is 3.65. The molecule has 1 N–H and O–H groups in total. The Morgan fingerprint density at radius 2 is 1.95 bits per heavy atom. The highest BCUT2D eigenvalue weighted by Gasteiger charge is 2.18. The van der Waals surface area contributed by atoms with Gasteiger partial charge in [0.25, 0.3) is 5.22 Å². The fraction of sp³-hybridized carbons (Fsp3) is 0.333. The van der Waals surface area contributed by atoms with Gasteiger partial charge < -0.3 is 9.73 Å². The Morgan fingerprint density at radius 1 is 1.29 bits per heavy atom. The molecule has 0 saturated carbocycles. The highest BCUT2D eigenvalue weighted by molar-refractivity contribution is 8.00. The molecule has 1 amide bonds. The molecule has 0 radical (unpaired) electrons. The van der Waals surface area contributed by atoms with Gasteiger partial charge in [0.05, 0.1) is 11.4 Å². The summed E-state index contributed by atoms with van der Waals surface area (Å²) in [7, 11) is 0. The average Bonchev–Trinajstić information content (AvgIpc) is 2.87. The van der Waals surface area contributed by atoms with Gasteiger partial charge in [-0.15, -0.1) is 0 Å². The van der Waals surface area contributed by atoms with Crippen LogP contribution in [-0.4, -0.2) is 22.2 Å². The van der Waals surface area contributed by atoms with Crippen LogP contribution in [0.3, 0.4) is 0 Å². The van der Waals surface area contributed by atoms with Crippen molar-refractivity contribution in [2.45, 2.75) is 37.3 Å². The summed E-state index contributed by atoms with van der Waals surface area (Å²) in [6.45, 7) is 5.62. The van der Waals surface area contributed by atoms with Crippen molar-refractivity contribution >= 4 is 17.7 Å². The number of amides is 1. The lowest BCUT2D eigenvalue weighted by Crippen LogP contribution is -2.35. The monoisotopic (exact) mass is 308 g/mol. The Morgan fingerprint density at radius 3 is 2.57 bits per heavy atom. The van der Waals surface area contributed by atoms with Gasteiger partial charge in [0.2, 0.25) is 5.91 Å². The largest absolute Gasteiger partial charge is 0.431 e. The minimum atomic E-state index is -0.299. The molecule has 0 fully saturated rings. The standard InChI is InChI=1S/C15H17FN2O2S/c1-9(2)18-14(19)10(3)21-15-17-8-13(20-15)11-4-6-12(16)7-5-11/h4-10H,1-3H3,(H,18,19). The van der Waals surface area contributed by atoms with Crippen LogP contribution in [0.15, 0.2) is 40.1 Å². The molecule has 112 valence electrons. The summed E-state index contributed by atoms with van der Waals surface area (Å²) >= 11 is 1.25. The normalized spacial score (nSPS) is 12.4. The second kappa shape index (κ2) is 6.76. The van der Waals surface area contributed by atoms with E-state index in [2.05, 4.69) is 10.3 Å². The lowest BCUT2D eigenvalue weighted by Gasteiger charge is -2.12. The first kappa shape index (κ1) is 15.6. The third-order valence-electron chi connectivity index (χ3n) is 2.69. The molecule has 0 aliphatic rings. The number of nitrogens with zero attached hydrogens (tertiary/aromatic N) is 1. The van der Waals surface area contributed by atoms with Gasteiger partial charge in [-0.2, -0.15) is 0 Å². The Hall–Kier alpha value is -1.82. The van der Waals surface area contributed by atoms with Crippen molar-refractivity contribution in [2.24, 2.45) is 0 Å². The Balaban J connectivity index is 2.03. The molecular formula is C15H17FN2O2S. The number of halogens is 1. The van der Waals surface area contributed by atoms with E-state index in [4.69, 9.17) is 4.42 Å². The lowest BCUT2D eigenvalue weighted by molar-refractivity contribution is -0.120. The van der Waals surface area contributed by atoms with E-state index in [1.165, 1.54) is 23.9 Å². The van der Waals surface area contributed by atoms with Crippen LogP contribution in [0.25, 0.3) is 11.3 Å². The maximum Gasteiger partial charge on any atom is 0.256 e. The smallest absolute Gasteiger partial charge is 0.256 e. The van der Waals surface area contributed by atoms with Crippen LogP contribution in [0, 0.1) is 5.82 Å². The summed E-state index contributed by atoms with van der Waals surface area (Å²) in [5, 5.41) is 2.95. The highest BCUT2D eigenvalue weighted by atomic mass is 32.2. The minimum absolute atomic E-state index is 0.0588. The predicted molar refractivity (Wildman–Crippen MR) is 80.5 cm³/mol. The summed E-state index contributed by atoms with van der Waals surface area (Å²) in [5.74, 6) is 0.192. The third kappa shape index (κ3) is 4.32. The summed E-state index contributed by atoms with van der Waals surface area (Å²) in [5.41, 5.74) is 0.745. The van der Waals surface area contributed by atoms with Gasteiger partial charge >= 0.3 is 0 Å². The Kier molecular flexibility index (Phi) is 5.01. The number of carbonyl (C=O) groups is 1. The van der Waals surface area contributed by atoms with Crippen LogP contribution < -0.4 is 5.32 Å². The molecule has 0 aliphatic heterocycles. The van der Waals surface area contributed by atoms with E-state index in [1.807, 2.05) is 13.8 Å². The number of rotatable bonds is 5. The van der Waals surface area contributed by atoms with E-state index >= 15 is 0 Å². The Labute approximate surface area is 127 Å². The lowest BCUT2D eigenvalue weighted by atomic mass is 10.2. The van der Waals surface area contributed by atoms with Gasteiger partial charge in [0.15, 0.2) is 5.76 Å². The molecule has 0 aliphatic carbocycles. The summed E-state index contributed by atoms with van der Waals surface area (Å²) in [6, 6.07) is 6.07. The van der Waals surface area contributed by atoms with Gasteiger partial charge in [0.1, 0.15) is 5.82 Å². The second-order valence-electron chi connectivity index (χ2n) is 4.92. The molecule has 4 nitrogen and oxygen atoms in total. The zero-order valence-electron chi connectivity index (χ0n) is 12.1. The van der Waals surface area contributed by atoms with Crippen LogP contribution in [0.1, 0.15) is 20.8 Å². The molecule has 1 heterocycles. The van der Waals surface area contributed by atoms with Crippen molar-refractivity contribution in [2.75, 3.05) is 0 Å². The van der Waals surface area contributed by atoms with Crippen molar-refractivity contribution in [3.63, 3.8) is 0 Å². The fourth-order valence-electron chi connectivity index (χ4n) is 1.67. The zero-order valence-corrected chi connectivity index (χ0v) is 12.9. The van der Waals surface area contributed by atoms with Crippen molar-refractivity contribution < 1.29 is 13.6 Å². The average molecular weight is 308 g/mol. The van der Waals surface area contributed by atoms with E-state index in [9.17, 15) is 9.18 Å². The van der Waals surface area contributed by atoms with Crippen LogP contribution in [0.5, 0.6) is 0 Å². The number of carbonyl (C=O) groups excluding carboxylic acids is 1. The molecule has 2 rings (SSSR count). The fourth-order valence-corrected chi connectivity index (χ4v) is 2.40. The first-order valence-electron chi connectivity index (χ1n) is 6.64. The van der Waals surface area contributed by atoms with Gasteiger partial charge in [0, 0.05) is 11.6 Å². The van der Waals surface area contributed by atoms with E-state index < -0.39 is 0 Å². The van der Waals surface area contributed by atoms with E-state index in [0.717, 1.165) is 5.56 Å². The number of nitrogens with one attached hydrogen (secondary N) is 1. The molecule has 2 aromatic rings. The SMILES string of the molecule is CC(C)NC(=O)C(C)Sc1ncc(-c2ccc(F)cc2)o1. The summed E-state index contributed by atoms with van der Waals surface area (Å²) < 4.78 is 18.5. The van der Waals surface area contributed by atoms with Crippen molar-refractivity contribution in [3.05, 3.63) is 36.3 Å². The van der Waals surface area contributed by atoms with E-state index in [0.29, 0.717) is 11.0 Å². The highest BCUT2D eigenvalue weighted by Crippen LogP contribution is 2.28. The molecular weight excluding hydrogens is 291 g/mol. The van der Waals surface area contributed by atoms with Crippen LogP contribution in [0.2, 0.25) is 0 Å². The molecule has 0 saturated heterocycles. The van der Waals surface area contributed by atoms with Gasteiger partial charge in [-0.05, 0) is 45.0 Å². The quantitative estimate of drug-likeness (QED) is 0.859. The maximum absolute atomic E-state index is 12.9. The summed E-state index contributed by atoms with van der Waals surface area (Å²) in [6.07, 6.45) is 1.57. The first-order valence-corrected chi connectivity index (χ1v) is 7.52. The number of hydrogen-bond donors (Lipinski definition) is 1. The molecule has 21 heavy (non-hydrogen) atoms. The number of hydrogen-bond acceptors (Lipinski definition) is 4. The molecule has 1 aromatic heterocycles. The minimum Gasteiger partial charge on any atom is -0.431 e. The van der Waals surface area contributed by atoms with Crippen molar-refractivity contribution in [3.8, 4) is 11.3 Å². The van der Waals surface area contributed by atoms with E-state index in [-0.39, 0.29) is 23.0 Å². The molecule has 1 atom stereocenters. The molecule has 0 bridgehead atoms. The molecule has 1 aromatic carbocycles. The number of benzene rings is 1. The first-order chi connectivity index (χ1) is 9.95. The van der Waals surface area contributed by atoms with Crippen molar-refractivity contribution in [1.29, 1.82) is 0 Å². The number of oxazole rings is 1. The van der Waals surface area contributed by atoms with Crippen LogP contribution in [-0.2, 0) is 4.79 Å². The van der Waals surface area contributed by atoms with E-state index in [1.54, 1.807) is 25.3 Å². The zero-order chi connectivity index (χ0) is 15.4. The number of thioether (sulfide) groups is 1. The van der Waals surface area contributed by atoms with Crippen LogP contribution in [0.4, 0.5) is 4.39 Å². The molecule has 0 spiro atoms. The van der Waals surface area contributed by atoms with Gasteiger partial charge in [-0.3, -0.25) is 4.79 Å². The van der Waals surface area contributed by atoms with Gasteiger partial charge in [-0.25, -0.2) is 9.37 Å². The molecule has 1 unspecified atom stereocenters. The van der Waals surface area contributed by atoms with Crippen molar-refractivity contribution in [1.82, 2.24) is 10.3 Å². The second-order valence-corrected chi connectivity index (χ2v) is 6.21. The summed E-state index contributed by atoms with van der Waals surface area (Å²) in [4.78, 5) is 16.0. The number of aromatic nitrogens is 1. The maximum atomic E-state index is 12.9. The molecule has 6 heteroatoms. The van der Waals surface area contributed by atoms with Crippen LogP contribution >= 0.6 is 11.8 Å². The predicted octanol–water partition coefficient (Wildman–Crippen LogP) is 3.49. The van der Waals surface area contributed by atoms with Gasteiger partial charge in [-0.1, -0.05) is 11.8 Å². The Bertz CT molecular complexity index is 610. The topological polar surface area (TPSA) is 55.1 Å².